The quantitative estimate of drug-likeness (QED) is 0.471. The molecule has 2 aromatic carbocycles. The van der Waals surface area contributed by atoms with Gasteiger partial charge in [0, 0.05) is 30.8 Å². The first-order valence-corrected chi connectivity index (χ1v) is 10.6. The first-order chi connectivity index (χ1) is 14.7. The van der Waals surface area contributed by atoms with Crippen LogP contribution in [0.2, 0.25) is 0 Å². The number of hydrogen-bond acceptors (Lipinski definition) is 3. The third kappa shape index (κ3) is 3.50. The number of halogens is 1. The van der Waals surface area contributed by atoms with E-state index in [1.54, 1.807) is 12.1 Å². The predicted molar refractivity (Wildman–Crippen MR) is 117 cm³/mol. The van der Waals surface area contributed by atoms with Gasteiger partial charge < -0.3 is 0 Å². The molecule has 0 N–H and O–H groups in total. The molecule has 1 unspecified atom stereocenters. The van der Waals surface area contributed by atoms with Gasteiger partial charge in [-0.2, -0.15) is 5.10 Å². The summed E-state index contributed by atoms with van der Waals surface area (Å²) in [7, 11) is 0. The van der Waals surface area contributed by atoms with Crippen molar-refractivity contribution in [1.82, 2.24) is 19.5 Å². The third-order valence-electron chi connectivity index (χ3n) is 6.04. The van der Waals surface area contributed by atoms with Crippen molar-refractivity contribution in [1.29, 1.82) is 0 Å². The Balaban J connectivity index is 1.49. The van der Waals surface area contributed by atoms with Crippen LogP contribution in [0.3, 0.4) is 0 Å². The molecule has 1 aliphatic heterocycles. The van der Waals surface area contributed by atoms with Gasteiger partial charge in [-0.3, -0.25) is 4.90 Å². The number of piperidine rings is 1. The average Bonchev–Trinajstić information content (AvgIpc) is 3.11. The van der Waals surface area contributed by atoms with E-state index >= 15 is 0 Å². The molecule has 1 saturated heterocycles. The SMILES string of the molecule is Cc1nn2c(C3CCCN(Cc4ccccc4)C3)ccnc2c1-c1ccccc1F. The van der Waals surface area contributed by atoms with Crippen molar-refractivity contribution in [3.8, 4) is 11.1 Å². The molecule has 1 atom stereocenters. The Morgan fingerprint density at radius 1 is 1.03 bits per heavy atom. The maximum atomic E-state index is 14.5. The van der Waals surface area contributed by atoms with Crippen molar-refractivity contribution < 1.29 is 4.39 Å². The van der Waals surface area contributed by atoms with Crippen LogP contribution < -0.4 is 0 Å². The molecule has 0 radical (unpaired) electrons. The fourth-order valence-corrected chi connectivity index (χ4v) is 4.64. The fourth-order valence-electron chi connectivity index (χ4n) is 4.64. The summed E-state index contributed by atoms with van der Waals surface area (Å²) in [6.07, 6.45) is 4.12. The molecule has 0 saturated carbocycles. The highest BCUT2D eigenvalue weighted by Gasteiger charge is 2.25. The second kappa shape index (κ2) is 8.00. The van der Waals surface area contributed by atoms with E-state index in [2.05, 4.69) is 46.3 Å². The van der Waals surface area contributed by atoms with E-state index in [1.807, 2.05) is 23.7 Å². The molecule has 5 rings (SSSR count). The van der Waals surface area contributed by atoms with Crippen molar-refractivity contribution in [2.45, 2.75) is 32.2 Å². The Bertz CT molecular complexity index is 1170. The average molecular weight is 401 g/mol. The number of aryl methyl sites for hydroxylation is 1. The molecule has 4 aromatic rings. The zero-order valence-corrected chi connectivity index (χ0v) is 17.1. The second-order valence-electron chi connectivity index (χ2n) is 8.11. The van der Waals surface area contributed by atoms with Crippen molar-refractivity contribution >= 4 is 5.65 Å². The van der Waals surface area contributed by atoms with Gasteiger partial charge in [-0.1, -0.05) is 48.5 Å². The number of likely N-dealkylation sites (tertiary alicyclic amines) is 1. The summed E-state index contributed by atoms with van der Waals surface area (Å²) in [4.78, 5) is 7.10. The van der Waals surface area contributed by atoms with Crippen molar-refractivity contribution in [2.24, 2.45) is 0 Å². The zero-order chi connectivity index (χ0) is 20.5. The Hall–Kier alpha value is -3.05. The van der Waals surface area contributed by atoms with Crippen LogP contribution in [0.25, 0.3) is 16.8 Å². The van der Waals surface area contributed by atoms with Crippen molar-refractivity contribution in [3.05, 3.63) is 89.6 Å². The van der Waals surface area contributed by atoms with Gasteiger partial charge in [0.15, 0.2) is 5.65 Å². The van der Waals surface area contributed by atoms with Crippen LogP contribution in [-0.4, -0.2) is 32.6 Å². The van der Waals surface area contributed by atoms with Crippen LogP contribution >= 0.6 is 0 Å². The lowest BCUT2D eigenvalue weighted by atomic mass is 9.94. The molecule has 5 heteroatoms. The molecule has 30 heavy (non-hydrogen) atoms. The molecule has 1 fully saturated rings. The highest BCUT2D eigenvalue weighted by molar-refractivity contribution is 5.80. The van der Waals surface area contributed by atoms with E-state index in [1.165, 1.54) is 11.6 Å². The predicted octanol–water partition coefficient (Wildman–Crippen LogP) is 5.22. The number of nitrogens with zero attached hydrogens (tertiary/aromatic N) is 4. The number of rotatable bonds is 4. The highest BCUT2D eigenvalue weighted by Crippen LogP contribution is 2.33. The van der Waals surface area contributed by atoms with Gasteiger partial charge in [-0.15, -0.1) is 0 Å². The zero-order valence-electron chi connectivity index (χ0n) is 17.1. The highest BCUT2D eigenvalue weighted by atomic mass is 19.1. The Morgan fingerprint density at radius 2 is 1.83 bits per heavy atom. The standard InChI is InChI=1S/C25H25FN4/c1-18-24(21-11-5-6-12-22(21)26)25-27-14-13-23(30(25)28-18)20-10-7-15-29(17-20)16-19-8-3-2-4-9-19/h2-6,8-9,11-14,20H,7,10,15-17H2,1H3. The van der Waals surface area contributed by atoms with E-state index in [-0.39, 0.29) is 5.82 Å². The lowest BCUT2D eigenvalue weighted by molar-refractivity contribution is 0.197. The van der Waals surface area contributed by atoms with Gasteiger partial charge in [0.1, 0.15) is 5.82 Å². The minimum Gasteiger partial charge on any atom is -0.298 e. The molecule has 2 aromatic heterocycles. The van der Waals surface area contributed by atoms with E-state index < -0.39 is 0 Å². The molecular formula is C25H25FN4. The molecule has 152 valence electrons. The molecule has 0 spiro atoms. The number of hydrogen-bond donors (Lipinski definition) is 0. The number of benzene rings is 2. The molecular weight excluding hydrogens is 375 g/mol. The summed E-state index contributed by atoms with van der Waals surface area (Å²) >= 11 is 0. The minimum atomic E-state index is -0.241. The van der Waals surface area contributed by atoms with Gasteiger partial charge in [-0.25, -0.2) is 13.9 Å². The van der Waals surface area contributed by atoms with Crippen LogP contribution in [-0.2, 0) is 6.54 Å². The van der Waals surface area contributed by atoms with Gasteiger partial charge in [0.2, 0.25) is 0 Å². The summed E-state index contributed by atoms with van der Waals surface area (Å²) in [5, 5.41) is 4.78. The lowest BCUT2D eigenvalue weighted by Gasteiger charge is -2.33. The molecule has 4 nitrogen and oxygen atoms in total. The van der Waals surface area contributed by atoms with E-state index in [0.29, 0.717) is 11.5 Å². The van der Waals surface area contributed by atoms with E-state index in [4.69, 9.17) is 5.10 Å². The second-order valence-corrected chi connectivity index (χ2v) is 8.11. The summed E-state index contributed by atoms with van der Waals surface area (Å²) in [6.45, 7) is 4.99. The number of aromatic nitrogens is 3. The van der Waals surface area contributed by atoms with Gasteiger partial charge in [0.05, 0.1) is 17.0 Å². The van der Waals surface area contributed by atoms with Crippen LogP contribution in [0.4, 0.5) is 4.39 Å². The fraction of sp³-hybridized carbons (Fsp3) is 0.280. The minimum absolute atomic E-state index is 0.241. The lowest BCUT2D eigenvalue weighted by Crippen LogP contribution is -2.34. The Morgan fingerprint density at radius 3 is 2.67 bits per heavy atom. The van der Waals surface area contributed by atoms with E-state index in [0.717, 1.165) is 55.1 Å². The first-order valence-electron chi connectivity index (χ1n) is 10.6. The summed E-state index contributed by atoms with van der Waals surface area (Å²) in [6, 6.07) is 19.6. The molecule has 0 aliphatic carbocycles. The van der Waals surface area contributed by atoms with Crippen LogP contribution in [0.15, 0.2) is 66.9 Å². The van der Waals surface area contributed by atoms with Crippen LogP contribution in [0.1, 0.15) is 35.7 Å². The monoisotopic (exact) mass is 400 g/mol. The van der Waals surface area contributed by atoms with Crippen LogP contribution in [0, 0.1) is 12.7 Å². The first kappa shape index (κ1) is 18.9. The third-order valence-corrected chi connectivity index (χ3v) is 6.04. The van der Waals surface area contributed by atoms with Crippen molar-refractivity contribution in [2.75, 3.05) is 13.1 Å². The van der Waals surface area contributed by atoms with Gasteiger partial charge >= 0.3 is 0 Å². The molecule has 0 amide bonds. The molecule has 0 bridgehead atoms. The maximum absolute atomic E-state index is 14.5. The molecule has 1 aliphatic rings. The summed E-state index contributed by atoms with van der Waals surface area (Å²) in [5.41, 5.74) is 5.38. The topological polar surface area (TPSA) is 33.4 Å². The van der Waals surface area contributed by atoms with Gasteiger partial charge in [-0.05, 0) is 44.0 Å². The van der Waals surface area contributed by atoms with Crippen molar-refractivity contribution in [3.63, 3.8) is 0 Å². The maximum Gasteiger partial charge on any atom is 0.163 e. The van der Waals surface area contributed by atoms with E-state index in [9.17, 15) is 4.39 Å². The van der Waals surface area contributed by atoms with Crippen LogP contribution in [0.5, 0.6) is 0 Å². The van der Waals surface area contributed by atoms with Gasteiger partial charge in [0.25, 0.3) is 0 Å². The summed E-state index contributed by atoms with van der Waals surface area (Å²) < 4.78 is 16.4. The smallest absolute Gasteiger partial charge is 0.163 e. The largest absolute Gasteiger partial charge is 0.298 e. The molecule has 3 heterocycles. The summed E-state index contributed by atoms with van der Waals surface area (Å²) in [5.74, 6) is 0.134. The normalized spacial score (nSPS) is 17.5. The number of fused-ring (bicyclic) bond motifs is 1. The Kier molecular flexibility index (Phi) is 5.05. The Labute approximate surface area is 176 Å².